The molecular weight excluding hydrogens is 1830 g/mol. The molecule has 0 saturated heterocycles. The van der Waals surface area contributed by atoms with E-state index in [1.165, 1.54) is 159 Å². The second kappa shape index (κ2) is 42.1. The molecule has 4 heterocycles. The third-order valence-corrected chi connectivity index (χ3v) is 28.9. The monoisotopic (exact) mass is 1910 g/mol. The van der Waals surface area contributed by atoms with E-state index < -0.39 is 0 Å². The van der Waals surface area contributed by atoms with Crippen LogP contribution >= 0.6 is 96.1 Å². The number of thiophene rings is 4. The van der Waals surface area contributed by atoms with Crippen molar-refractivity contribution in [1.29, 1.82) is 0 Å². The van der Waals surface area contributed by atoms with Gasteiger partial charge < -0.3 is 19.9 Å². The van der Waals surface area contributed by atoms with Crippen molar-refractivity contribution in [2.24, 2.45) is 0 Å². The summed E-state index contributed by atoms with van der Waals surface area (Å²) >= 11 is 28.4. The van der Waals surface area contributed by atoms with Gasteiger partial charge in [-0.25, -0.2) is 0 Å². The Morgan fingerprint density at radius 1 is 0.218 bits per heavy atom. The third kappa shape index (κ3) is 21.3. The zero-order valence-electron chi connectivity index (χ0n) is 71.7. The Morgan fingerprint density at radius 3 is 0.729 bits per heavy atom. The number of rotatable bonds is 14. The zero-order chi connectivity index (χ0) is 90.2. The molecule has 0 fully saturated rings. The van der Waals surface area contributed by atoms with Crippen molar-refractivity contribution in [2.45, 2.75) is 0 Å². The van der Waals surface area contributed by atoms with Gasteiger partial charge in [-0.2, -0.15) is 0 Å². The number of nitrogens with zero attached hydrogens (tertiary/aromatic N) is 1. The lowest BCUT2D eigenvalue weighted by molar-refractivity contribution is 0.454. The van der Waals surface area contributed by atoms with E-state index in [1.807, 2.05) is 81.7 Å². The molecule has 2 N–H and O–H groups in total. The van der Waals surface area contributed by atoms with Crippen LogP contribution in [-0.4, -0.2) is 12.7 Å². The van der Waals surface area contributed by atoms with Gasteiger partial charge in [0, 0.05) is 129 Å². The molecule has 1 radical (unpaired) electrons. The van der Waals surface area contributed by atoms with Crippen LogP contribution in [0.4, 0.5) is 28.4 Å². The minimum Gasteiger partial charge on any atom is -0.537 e. The van der Waals surface area contributed by atoms with E-state index in [1.54, 1.807) is 24.3 Å². The van der Waals surface area contributed by atoms with Crippen LogP contribution in [0.15, 0.2) is 490 Å². The fourth-order valence-electron chi connectivity index (χ4n) is 16.3. The van der Waals surface area contributed by atoms with E-state index in [9.17, 15) is 0 Å². The average molecular weight is 1910 g/mol. The first-order chi connectivity index (χ1) is 65.5. The van der Waals surface area contributed by atoms with Crippen LogP contribution in [0.1, 0.15) is 0 Å². The Bertz CT molecular complexity index is 7720. The second-order valence-electron chi connectivity index (χ2n) is 31.6. The van der Waals surface area contributed by atoms with Gasteiger partial charge in [0.05, 0.1) is 0 Å². The van der Waals surface area contributed by atoms with Crippen LogP contribution in [0, 0.1) is 0 Å². The van der Waals surface area contributed by atoms with Crippen molar-refractivity contribution in [3.63, 3.8) is 0 Å². The zero-order valence-corrected chi connectivity index (χ0v) is 78.8. The summed E-state index contributed by atoms with van der Waals surface area (Å²) in [6.45, 7) is 0. The van der Waals surface area contributed by atoms with Crippen molar-refractivity contribution in [1.82, 2.24) is 0 Å². The minimum absolute atomic E-state index is 0.562. The summed E-state index contributed by atoms with van der Waals surface area (Å²) in [4.78, 5) is 2.34. The molecule has 0 bridgehead atoms. The molecule has 0 spiro atoms. The number of hydrogen-bond donors (Lipinski definition) is 2. The van der Waals surface area contributed by atoms with Gasteiger partial charge in [0.25, 0.3) is 0 Å². The lowest BCUT2D eigenvalue weighted by Gasteiger charge is -2.26. The normalized spacial score (nSPS) is 10.9. The van der Waals surface area contributed by atoms with Gasteiger partial charge in [-0.3, -0.25) is 0 Å². The fourth-order valence-corrected chi connectivity index (χ4v) is 21.4. The highest BCUT2D eigenvalue weighted by atomic mass is 79.9. The Morgan fingerprint density at radius 2 is 0.436 bits per heavy atom. The maximum atomic E-state index is 8.21. The molecule has 0 aliphatic rings. The van der Waals surface area contributed by atoms with Crippen molar-refractivity contribution >= 4 is 213 Å². The predicted octanol–water partition coefficient (Wildman–Crippen LogP) is 38.1. The summed E-state index contributed by atoms with van der Waals surface area (Å²) in [6.07, 6.45) is 0. The molecule has 13 heteroatoms. The summed E-state index contributed by atoms with van der Waals surface area (Å²) in [5.74, 6) is 0.562. The second-order valence-corrected chi connectivity index (χ2v) is 38.1. The van der Waals surface area contributed by atoms with Gasteiger partial charge in [-0.05, 0) is 266 Å². The van der Waals surface area contributed by atoms with Gasteiger partial charge in [-0.15, -0.1) is 45.3 Å². The number of halogens is 4. The van der Waals surface area contributed by atoms with Gasteiger partial charge in [0.15, 0.2) is 0 Å². The molecule has 4 nitrogen and oxygen atoms in total. The average Bonchev–Trinajstić information content (AvgIpc) is 1.61. The Hall–Kier alpha value is -13.9. The van der Waals surface area contributed by atoms with Crippen molar-refractivity contribution in [2.75, 3.05) is 10.2 Å². The summed E-state index contributed by atoms with van der Waals surface area (Å²) < 4.78 is 16.5. The SMILES string of the molecule is Brc1ccc2sc3ccccc3c2c1.Clc1ccc(-c2ccc3sc4ccccc4c3c2)cc1.Clc1ccc(-c2ccc3sc4ccccc4c3c2)cc1.O[B]Oc1ccc(Cl)cc1.c1ccc(-c2ccc(N(c3ccc(-c4ccccc4)cc3)c3ccc(-c4ccc5sc6ccccc6c5c4)cc3)cc2)cc1.c1ccc(-c2ccc(Nc3ccc(-c4ccccc4)cc3)cc2)cc1. The minimum atomic E-state index is 0.562. The molecule has 639 valence electrons. The highest BCUT2D eigenvalue weighted by Gasteiger charge is 2.17. The summed E-state index contributed by atoms with van der Waals surface area (Å²) in [6, 6.07) is 169. The number of fused-ring (bicyclic) bond motifs is 12. The van der Waals surface area contributed by atoms with Gasteiger partial charge >= 0.3 is 7.69 Å². The van der Waals surface area contributed by atoms with Crippen LogP contribution in [0.5, 0.6) is 5.75 Å². The Labute approximate surface area is 813 Å². The molecule has 0 atom stereocenters. The van der Waals surface area contributed by atoms with E-state index in [0.717, 1.165) is 43.0 Å². The molecule has 4 aromatic heterocycles. The quantitative estimate of drug-likeness (QED) is 0.107. The molecular formula is C120H82BBrCl3N2O2S4. The molecule has 0 saturated carbocycles. The standard InChI is InChI=1S/C42H29NS.C24H19N.2C18H11ClS.C12H7BrS.C6H5BClO2/c1-3-9-30(10-4-1)32-15-22-36(23-16-32)43(37-24-17-33(18-25-37)31-11-5-2-6-12-31)38-26-19-34(20-27-38)35-21-28-42-40(29-35)39-13-7-8-14-41(39)44-42;1-3-7-19(8-4-1)21-11-15-23(16-12-21)25-24-17-13-22(14-18-24)20-9-5-2-6-10-20;2*19-14-8-5-12(6-9-14)13-7-10-18-16(11-13)15-3-1-2-4-17(15)20-18;13-8-5-6-12-10(7-8)9-3-1-2-4-11(9)14-12;8-5-1-3-6(4-2-5)10-7-9/h1-29H;1-18,25H;2*1-11H;1-7H;1-4,9H. The van der Waals surface area contributed by atoms with E-state index in [2.05, 4.69) is 455 Å². The van der Waals surface area contributed by atoms with Crippen LogP contribution in [0.2, 0.25) is 15.1 Å². The molecule has 24 aromatic rings. The Kier molecular flexibility index (Phi) is 28.0. The van der Waals surface area contributed by atoms with Crippen molar-refractivity contribution in [3.05, 3.63) is 505 Å². The van der Waals surface area contributed by atoms with Gasteiger partial charge in [-0.1, -0.05) is 348 Å². The number of hydrogen-bond acceptors (Lipinski definition) is 8. The first-order valence-corrected chi connectivity index (χ1v) is 48.7. The smallest absolute Gasteiger partial charge is 0.537 e. The maximum absolute atomic E-state index is 8.21. The van der Waals surface area contributed by atoms with E-state index in [-0.39, 0.29) is 0 Å². The maximum Gasteiger partial charge on any atom is 0.569 e. The van der Waals surface area contributed by atoms with Gasteiger partial charge in [0.2, 0.25) is 0 Å². The highest BCUT2D eigenvalue weighted by molar-refractivity contribution is 9.10. The van der Waals surface area contributed by atoms with E-state index in [0.29, 0.717) is 18.5 Å². The molecule has 0 amide bonds. The molecule has 0 unspecified atom stereocenters. The largest absolute Gasteiger partial charge is 0.569 e. The van der Waals surface area contributed by atoms with E-state index >= 15 is 0 Å². The first kappa shape index (κ1) is 88.3. The third-order valence-electron chi connectivity index (χ3n) is 23.0. The lowest BCUT2D eigenvalue weighted by atomic mass is 10.0. The fraction of sp³-hybridized carbons (Fsp3) is 0. The topological polar surface area (TPSA) is 44.7 Å². The number of benzene rings is 20. The summed E-state index contributed by atoms with van der Waals surface area (Å²) in [7, 11) is 0.628. The first-order valence-electron chi connectivity index (χ1n) is 43.5. The predicted molar refractivity (Wildman–Crippen MR) is 584 cm³/mol. The molecule has 0 aliphatic carbocycles. The van der Waals surface area contributed by atoms with Crippen molar-refractivity contribution < 1.29 is 9.68 Å². The summed E-state index contributed by atoms with van der Waals surface area (Å²) in [5, 5.41) is 24.6. The van der Waals surface area contributed by atoms with Crippen molar-refractivity contribution in [3.8, 4) is 83.6 Å². The number of anilines is 5. The van der Waals surface area contributed by atoms with E-state index in [4.69, 9.17) is 39.8 Å². The molecule has 20 aromatic carbocycles. The molecule has 24 rings (SSSR count). The van der Waals surface area contributed by atoms with Gasteiger partial charge in [0.1, 0.15) is 5.75 Å². The lowest BCUT2D eigenvalue weighted by Crippen LogP contribution is -2.09. The highest BCUT2D eigenvalue weighted by Crippen LogP contribution is 2.44. The van der Waals surface area contributed by atoms with Crippen LogP contribution < -0.4 is 14.9 Å². The van der Waals surface area contributed by atoms with Crippen LogP contribution in [0.3, 0.4) is 0 Å². The summed E-state index contributed by atoms with van der Waals surface area (Å²) in [5.41, 5.74) is 22.6. The van der Waals surface area contributed by atoms with Crippen LogP contribution in [-0.2, 0) is 0 Å². The molecule has 0 aliphatic heterocycles. The molecule has 133 heavy (non-hydrogen) atoms. The number of nitrogens with one attached hydrogen (secondary N) is 1. The van der Waals surface area contributed by atoms with Crippen LogP contribution in [0.25, 0.3) is 159 Å². The Balaban J connectivity index is 0.000000110.